The fraction of sp³-hybridized carbons (Fsp3) is 0.364. The summed E-state index contributed by atoms with van der Waals surface area (Å²) in [5, 5.41) is 4.80. The topological polar surface area (TPSA) is 21.3 Å². The van der Waals surface area contributed by atoms with Crippen LogP contribution in [-0.2, 0) is 13.2 Å². The first-order valence-electron chi connectivity index (χ1n) is 9.26. The molecular formula is C22H25Cl2NO. The van der Waals surface area contributed by atoms with Crippen LogP contribution in [0.5, 0.6) is 5.75 Å². The van der Waals surface area contributed by atoms with Crippen molar-refractivity contribution >= 4 is 23.2 Å². The van der Waals surface area contributed by atoms with Gasteiger partial charge < -0.3 is 10.1 Å². The Kier molecular flexibility index (Phi) is 7.43. The number of para-hydroxylation sites is 1. The number of hydrogen-bond acceptors (Lipinski definition) is 2. The van der Waals surface area contributed by atoms with Gasteiger partial charge >= 0.3 is 0 Å². The molecular weight excluding hydrogens is 365 g/mol. The van der Waals surface area contributed by atoms with Crippen LogP contribution in [0.2, 0.25) is 10.0 Å². The fourth-order valence-electron chi connectivity index (χ4n) is 3.21. The third-order valence-electron chi connectivity index (χ3n) is 4.73. The third kappa shape index (κ3) is 5.51. The van der Waals surface area contributed by atoms with Gasteiger partial charge in [-0.3, -0.25) is 0 Å². The average Bonchev–Trinajstić information content (AvgIpc) is 2.66. The summed E-state index contributed by atoms with van der Waals surface area (Å²) in [6.07, 6.45) is 8.74. The molecule has 0 spiro atoms. The highest BCUT2D eigenvalue weighted by Crippen LogP contribution is 2.27. The summed E-state index contributed by atoms with van der Waals surface area (Å²) in [7, 11) is 0. The van der Waals surface area contributed by atoms with Crippen molar-refractivity contribution in [2.75, 3.05) is 6.54 Å². The van der Waals surface area contributed by atoms with Crippen LogP contribution < -0.4 is 10.1 Å². The Balaban J connectivity index is 1.53. The highest BCUT2D eigenvalue weighted by atomic mass is 35.5. The van der Waals surface area contributed by atoms with E-state index in [1.165, 1.54) is 25.7 Å². The molecule has 0 fully saturated rings. The number of allylic oxidation sites excluding steroid dienone is 1. The normalized spacial score (nSPS) is 14.2. The second-order valence-corrected chi connectivity index (χ2v) is 7.45. The molecule has 0 amide bonds. The van der Waals surface area contributed by atoms with Gasteiger partial charge in [0.15, 0.2) is 0 Å². The molecule has 0 aromatic heterocycles. The van der Waals surface area contributed by atoms with Crippen molar-refractivity contribution in [3.63, 3.8) is 0 Å². The lowest BCUT2D eigenvalue weighted by molar-refractivity contribution is 0.302. The quantitative estimate of drug-likeness (QED) is 0.408. The minimum Gasteiger partial charge on any atom is -0.488 e. The van der Waals surface area contributed by atoms with Crippen LogP contribution in [0, 0.1) is 0 Å². The van der Waals surface area contributed by atoms with Crippen molar-refractivity contribution in [3.8, 4) is 5.75 Å². The van der Waals surface area contributed by atoms with Gasteiger partial charge in [0.1, 0.15) is 12.4 Å². The van der Waals surface area contributed by atoms with Crippen molar-refractivity contribution in [3.05, 3.63) is 75.3 Å². The van der Waals surface area contributed by atoms with E-state index in [0.717, 1.165) is 36.4 Å². The van der Waals surface area contributed by atoms with Gasteiger partial charge in [-0.05, 0) is 56.8 Å². The van der Waals surface area contributed by atoms with E-state index in [0.29, 0.717) is 16.7 Å². The molecule has 0 atom stereocenters. The Labute approximate surface area is 166 Å². The van der Waals surface area contributed by atoms with E-state index < -0.39 is 0 Å². The third-order valence-corrected chi connectivity index (χ3v) is 5.44. The van der Waals surface area contributed by atoms with E-state index >= 15 is 0 Å². The Morgan fingerprint density at radius 1 is 0.962 bits per heavy atom. The molecule has 0 saturated heterocycles. The van der Waals surface area contributed by atoms with Gasteiger partial charge in [-0.15, -0.1) is 0 Å². The number of rotatable bonds is 8. The minimum absolute atomic E-state index is 0.363. The maximum atomic E-state index is 6.23. The fourth-order valence-corrected chi connectivity index (χ4v) is 3.72. The maximum Gasteiger partial charge on any atom is 0.124 e. The van der Waals surface area contributed by atoms with Crippen molar-refractivity contribution in [2.24, 2.45) is 0 Å². The van der Waals surface area contributed by atoms with Gasteiger partial charge in [-0.2, -0.15) is 0 Å². The van der Waals surface area contributed by atoms with E-state index in [2.05, 4.69) is 17.5 Å². The first-order valence-corrected chi connectivity index (χ1v) is 10.0. The second-order valence-electron chi connectivity index (χ2n) is 6.63. The summed E-state index contributed by atoms with van der Waals surface area (Å²) in [6, 6.07) is 13.6. The molecule has 2 nitrogen and oxygen atoms in total. The summed E-state index contributed by atoms with van der Waals surface area (Å²) < 4.78 is 6.01. The summed E-state index contributed by atoms with van der Waals surface area (Å²) in [5.74, 6) is 0.868. The van der Waals surface area contributed by atoms with Gasteiger partial charge in [0.05, 0.1) is 0 Å². The second kappa shape index (κ2) is 10.0. The highest BCUT2D eigenvalue weighted by Gasteiger charge is 2.09. The molecule has 26 heavy (non-hydrogen) atoms. The zero-order chi connectivity index (χ0) is 18.2. The van der Waals surface area contributed by atoms with Crippen molar-refractivity contribution in [1.29, 1.82) is 0 Å². The van der Waals surface area contributed by atoms with Crippen LogP contribution in [0.4, 0.5) is 0 Å². The Hall–Kier alpha value is -1.48. The summed E-state index contributed by atoms with van der Waals surface area (Å²) in [6.45, 7) is 2.15. The lowest BCUT2D eigenvalue weighted by Crippen LogP contribution is -2.16. The van der Waals surface area contributed by atoms with E-state index in [4.69, 9.17) is 27.9 Å². The zero-order valence-electron chi connectivity index (χ0n) is 14.9. The van der Waals surface area contributed by atoms with Crippen LogP contribution in [0.3, 0.4) is 0 Å². The predicted molar refractivity (Wildman–Crippen MR) is 110 cm³/mol. The zero-order valence-corrected chi connectivity index (χ0v) is 16.5. The summed E-state index contributed by atoms with van der Waals surface area (Å²) in [5.41, 5.74) is 3.57. The molecule has 0 aliphatic heterocycles. The summed E-state index contributed by atoms with van der Waals surface area (Å²) in [4.78, 5) is 0. The molecule has 1 aliphatic rings. The number of nitrogens with one attached hydrogen (secondary N) is 1. The summed E-state index contributed by atoms with van der Waals surface area (Å²) >= 11 is 12.5. The molecule has 0 bridgehead atoms. The molecule has 0 unspecified atom stereocenters. The molecule has 3 rings (SSSR count). The Morgan fingerprint density at radius 3 is 2.54 bits per heavy atom. The smallest absolute Gasteiger partial charge is 0.124 e. The standard InChI is InChI=1S/C22H25Cl2NO/c23-20-10-6-11-21(24)19(20)16-26-22-12-5-4-9-18(22)15-25-14-13-17-7-2-1-3-8-17/h4-7,9-12,25H,1-3,8,13-16H2. The van der Waals surface area contributed by atoms with Gasteiger partial charge in [-0.1, -0.05) is 59.1 Å². The molecule has 0 saturated carbocycles. The van der Waals surface area contributed by atoms with Crippen LogP contribution in [-0.4, -0.2) is 6.54 Å². The molecule has 2 aromatic rings. The van der Waals surface area contributed by atoms with Crippen molar-refractivity contribution < 1.29 is 4.74 Å². The molecule has 0 radical (unpaired) electrons. The van der Waals surface area contributed by atoms with Crippen molar-refractivity contribution in [2.45, 2.75) is 45.3 Å². The minimum atomic E-state index is 0.363. The van der Waals surface area contributed by atoms with Gasteiger partial charge in [0, 0.05) is 27.7 Å². The number of hydrogen-bond donors (Lipinski definition) is 1. The number of halogens is 2. The first kappa shape index (κ1) is 19.3. The molecule has 2 aromatic carbocycles. The van der Waals surface area contributed by atoms with Crippen LogP contribution in [0.15, 0.2) is 54.1 Å². The molecule has 0 heterocycles. The van der Waals surface area contributed by atoms with Crippen LogP contribution >= 0.6 is 23.2 Å². The maximum absolute atomic E-state index is 6.23. The average molecular weight is 390 g/mol. The Morgan fingerprint density at radius 2 is 1.77 bits per heavy atom. The van der Waals surface area contributed by atoms with E-state index in [1.54, 1.807) is 5.57 Å². The SMILES string of the molecule is Clc1cccc(Cl)c1COc1ccccc1CNCCC1=CCCCC1. The lowest BCUT2D eigenvalue weighted by Gasteiger charge is -2.15. The molecule has 1 aliphatic carbocycles. The van der Waals surface area contributed by atoms with Gasteiger partial charge in [0.2, 0.25) is 0 Å². The van der Waals surface area contributed by atoms with Crippen molar-refractivity contribution in [1.82, 2.24) is 5.32 Å². The van der Waals surface area contributed by atoms with Crippen LogP contribution in [0.25, 0.3) is 0 Å². The van der Waals surface area contributed by atoms with Gasteiger partial charge in [-0.25, -0.2) is 0 Å². The van der Waals surface area contributed by atoms with E-state index in [1.807, 2.05) is 36.4 Å². The highest BCUT2D eigenvalue weighted by molar-refractivity contribution is 6.35. The lowest BCUT2D eigenvalue weighted by atomic mass is 9.97. The number of benzene rings is 2. The first-order chi connectivity index (χ1) is 12.7. The number of ether oxygens (including phenoxy) is 1. The molecule has 4 heteroatoms. The van der Waals surface area contributed by atoms with E-state index in [9.17, 15) is 0 Å². The molecule has 1 N–H and O–H groups in total. The largest absolute Gasteiger partial charge is 0.488 e. The van der Waals surface area contributed by atoms with Crippen LogP contribution in [0.1, 0.15) is 43.2 Å². The Bertz CT molecular complexity index is 737. The predicted octanol–water partition coefficient (Wildman–Crippen LogP) is 6.55. The molecule has 138 valence electrons. The van der Waals surface area contributed by atoms with E-state index in [-0.39, 0.29) is 0 Å². The van der Waals surface area contributed by atoms with Gasteiger partial charge in [0.25, 0.3) is 0 Å². The monoisotopic (exact) mass is 389 g/mol.